The number of carbonyl (C=O) groups excluding carboxylic acids is 1. The predicted octanol–water partition coefficient (Wildman–Crippen LogP) is 3.45. The molecule has 5 nitrogen and oxygen atoms in total. The van der Waals surface area contributed by atoms with Gasteiger partial charge in [-0.1, -0.05) is 6.07 Å². The molecule has 2 aliphatic heterocycles. The number of rotatable bonds is 3. The van der Waals surface area contributed by atoms with Crippen LogP contribution in [0.2, 0.25) is 0 Å². The Hall–Kier alpha value is -2.16. The Balaban J connectivity index is 1.45. The smallest absolute Gasteiger partial charge is 0.230 e. The lowest BCUT2D eigenvalue weighted by Crippen LogP contribution is -2.50. The Morgan fingerprint density at radius 1 is 1.22 bits per heavy atom. The van der Waals surface area contributed by atoms with Crippen molar-refractivity contribution in [2.45, 2.75) is 57.7 Å². The first-order valence-corrected chi connectivity index (χ1v) is 10.1. The summed E-state index contributed by atoms with van der Waals surface area (Å²) < 4.78 is 12.7. The number of nitrogens with zero attached hydrogens (tertiary/aromatic N) is 4. The second-order valence-electron chi connectivity index (χ2n) is 8.35. The summed E-state index contributed by atoms with van der Waals surface area (Å²) in [4.78, 5) is 22.1. The molecule has 0 radical (unpaired) electrons. The monoisotopic (exact) mass is 370 g/mol. The van der Waals surface area contributed by atoms with Gasteiger partial charge in [-0.2, -0.15) is 5.26 Å². The summed E-state index contributed by atoms with van der Waals surface area (Å²) in [6.07, 6.45) is 8.15. The van der Waals surface area contributed by atoms with Crippen LogP contribution in [0.3, 0.4) is 0 Å². The Labute approximate surface area is 160 Å². The summed E-state index contributed by atoms with van der Waals surface area (Å²) >= 11 is 0. The molecule has 1 aromatic heterocycles. The number of likely N-dealkylation sites (tertiary alicyclic amines) is 1. The zero-order valence-corrected chi connectivity index (χ0v) is 15.7. The Kier molecular flexibility index (Phi) is 5.03. The van der Waals surface area contributed by atoms with Gasteiger partial charge in [0.2, 0.25) is 5.91 Å². The fourth-order valence-corrected chi connectivity index (χ4v) is 5.10. The van der Waals surface area contributed by atoms with E-state index < -0.39 is 6.67 Å². The molecule has 0 N–H and O–H groups in total. The molecule has 0 bridgehead atoms. The van der Waals surface area contributed by atoms with Gasteiger partial charge in [0.25, 0.3) is 0 Å². The largest absolute Gasteiger partial charge is 0.356 e. The highest BCUT2D eigenvalue weighted by Crippen LogP contribution is 2.43. The average Bonchev–Trinajstić information content (AvgIpc) is 3.04. The van der Waals surface area contributed by atoms with Crippen LogP contribution in [-0.2, 0) is 11.5 Å². The molecule has 0 aromatic carbocycles. The minimum Gasteiger partial charge on any atom is -0.356 e. The molecule has 3 fully saturated rings. The van der Waals surface area contributed by atoms with E-state index in [4.69, 9.17) is 5.26 Å². The van der Waals surface area contributed by atoms with Crippen LogP contribution in [0.25, 0.3) is 0 Å². The summed E-state index contributed by atoms with van der Waals surface area (Å²) in [6.45, 7) is 1.93. The fourth-order valence-electron chi connectivity index (χ4n) is 5.10. The van der Waals surface area contributed by atoms with Crippen molar-refractivity contribution >= 4 is 11.7 Å². The van der Waals surface area contributed by atoms with Gasteiger partial charge in [0.05, 0.1) is 11.5 Å². The zero-order valence-electron chi connectivity index (χ0n) is 15.7. The van der Waals surface area contributed by atoms with Crippen molar-refractivity contribution in [2.75, 3.05) is 24.5 Å². The Bertz CT molecular complexity index is 723. The van der Waals surface area contributed by atoms with Crippen LogP contribution >= 0.6 is 0 Å². The van der Waals surface area contributed by atoms with E-state index in [0.717, 1.165) is 63.9 Å². The topological polar surface area (TPSA) is 60.2 Å². The molecule has 6 heteroatoms. The van der Waals surface area contributed by atoms with Crippen LogP contribution in [0.15, 0.2) is 18.3 Å². The Morgan fingerprint density at radius 2 is 2.04 bits per heavy atom. The molecule has 1 aromatic rings. The standard InChI is InChI=1S/C21H27FN4O/c22-12-17-4-7-19(24-14-17)25-10-1-8-21(15-25)9-11-26(20(21)27)18-5-2-16(13-23)3-6-18/h4,7,14,16,18H,1-3,5-6,8-12,15H2. The van der Waals surface area contributed by atoms with Gasteiger partial charge in [-0.15, -0.1) is 0 Å². The number of aromatic nitrogens is 1. The molecule has 3 aliphatic rings. The zero-order chi connectivity index (χ0) is 18.9. The molecular weight excluding hydrogens is 343 g/mol. The first-order chi connectivity index (χ1) is 13.1. The summed E-state index contributed by atoms with van der Waals surface area (Å²) in [5.74, 6) is 1.30. The van der Waals surface area contributed by atoms with Gasteiger partial charge in [0.1, 0.15) is 12.5 Å². The maximum Gasteiger partial charge on any atom is 0.230 e. The first-order valence-electron chi connectivity index (χ1n) is 10.1. The number of pyridine rings is 1. The maximum absolute atomic E-state index is 13.4. The van der Waals surface area contributed by atoms with Gasteiger partial charge in [-0.25, -0.2) is 9.37 Å². The van der Waals surface area contributed by atoms with E-state index in [2.05, 4.69) is 20.9 Å². The van der Waals surface area contributed by atoms with E-state index in [1.807, 2.05) is 6.07 Å². The molecule has 1 amide bonds. The van der Waals surface area contributed by atoms with Crippen molar-refractivity contribution in [3.05, 3.63) is 23.9 Å². The second kappa shape index (κ2) is 7.46. The molecule has 27 heavy (non-hydrogen) atoms. The highest BCUT2D eigenvalue weighted by molar-refractivity contribution is 5.86. The lowest BCUT2D eigenvalue weighted by atomic mass is 9.78. The Morgan fingerprint density at radius 3 is 2.70 bits per heavy atom. The van der Waals surface area contributed by atoms with Crippen molar-refractivity contribution in [1.82, 2.24) is 9.88 Å². The summed E-state index contributed by atoms with van der Waals surface area (Å²) in [7, 11) is 0. The molecule has 1 saturated carbocycles. The highest BCUT2D eigenvalue weighted by atomic mass is 19.1. The summed E-state index contributed by atoms with van der Waals surface area (Å²) in [6, 6.07) is 6.33. The summed E-state index contributed by atoms with van der Waals surface area (Å²) in [5.41, 5.74) is 0.284. The van der Waals surface area contributed by atoms with Gasteiger partial charge in [-0.05, 0) is 51.0 Å². The van der Waals surface area contributed by atoms with Crippen molar-refractivity contribution in [3.8, 4) is 6.07 Å². The highest BCUT2D eigenvalue weighted by Gasteiger charge is 2.50. The minimum atomic E-state index is -0.501. The first kappa shape index (κ1) is 18.2. The van der Waals surface area contributed by atoms with Crippen LogP contribution in [0.5, 0.6) is 0 Å². The van der Waals surface area contributed by atoms with E-state index in [1.165, 1.54) is 0 Å². The summed E-state index contributed by atoms with van der Waals surface area (Å²) in [5, 5.41) is 9.10. The van der Waals surface area contributed by atoms with Crippen LogP contribution in [0.1, 0.15) is 50.5 Å². The van der Waals surface area contributed by atoms with E-state index in [-0.39, 0.29) is 11.3 Å². The number of hydrogen-bond donors (Lipinski definition) is 0. The number of halogens is 1. The van der Waals surface area contributed by atoms with E-state index >= 15 is 0 Å². The van der Waals surface area contributed by atoms with E-state index in [1.54, 1.807) is 12.3 Å². The lowest BCUT2D eigenvalue weighted by molar-refractivity contribution is -0.139. The average molecular weight is 370 g/mol. The number of anilines is 1. The van der Waals surface area contributed by atoms with Crippen molar-refractivity contribution in [2.24, 2.45) is 11.3 Å². The third-order valence-corrected chi connectivity index (χ3v) is 6.73. The number of piperidine rings is 1. The number of nitriles is 1. The molecular formula is C21H27FN4O. The lowest BCUT2D eigenvalue weighted by Gasteiger charge is -2.41. The van der Waals surface area contributed by atoms with Gasteiger partial charge in [0, 0.05) is 43.4 Å². The molecule has 3 heterocycles. The van der Waals surface area contributed by atoms with Gasteiger partial charge in [0.15, 0.2) is 0 Å². The van der Waals surface area contributed by atoms with Gasteiger partial charge in [-0.3, -0.25) is 4.79 Å². The maximum atomic E-state index is 13.4. The van der Waals surface area contributed by atoms with Gasteiger partial charge >= 0.3 is 0 Å². The molecule has 1 atom stereocenters. The fraction of sp³-hybridized carbons (Fsp3) is 0.667. The van der Waals surface area contributed by atoms with Crippen LogP contribution in [0.4, 0.5) is 10.2 Å². The number of alkyl halides is 1. The van der Waals surface area contributed by atoms with Crippen LogP contribution in [0, 0.1) is 22.7 Å². The second-order valence-corrected chi connectivity index (χ2v) is 8.35. The molecule has 144 valence electrons. The number of carbonyl (C=O) groups is 1. The molecule has 1 unspecified atom stereocenters. The van der Waals surface area contributed by atoms with E-state index in [9.17, 15) is 9.18 Å². The van der Waals surface area contributed by atoms with Gasteiger partial charge < -0.3 is 9.80 Å². The number of amides is 1. The third kappa shape index (κ3) is 3.40. The third-order valence-electron chi connectivity index (χ3n) is 6.73. The number of hydrogen-bond acceptors (Lipinski definition) is 4. The molecule has 1 aliphatic carbocycles. The molecule has 4 rings (SSSR count). The van der Waals surface area contributed by atoms with E-state index in [0.29, 0.717) is 24.1 Å². The quantitative estimate of drug-likeness (QED) is 0.818. The van der Waals surface area contributed by atoms with Crippen molar-refractivity contribution in [1.29, 1.82) is 5.26 Å². The van der Waals surface area contributed by atoms with Crippen LogP contribution < -0.4 is 4.90 Å². The molecule has 1 spiro atoms. The van der Waals surface area contributed by atoms with Crippen LogP contribution in [-0.4, -0.2) is 41.5 Å². The minimum absolute atomic E-state index is 0.163. The predicted molar refractivity (Wildman–Crippen MR) is 101 cm³/mol. The van der Waals surface area contributed by atoms with Crippen molar-refractivity contribution < 1.29 is 9.18 Å². The van der Waals surface area contributed by atoms with Crippen molar-refractivity contribution in [3.63, 3.8) is 0 Å². The SMILES string of the molecule is N#CC1CCC(N2CCC3(CCCN(c4ccc(CF)cn4)C3)C2=O)CC1. The normalized spacial score (nSPS) is 31.3. The molecule has 2 saturated heterocycles.